The summed E-state index contributed by atoms with van der Waals surface area (Å²) in [7, 11) is 0. The maximum atomic E-state index is 10.2. The van der Waals surface area contributed by atoms with Gasteiger partial charge in [-0.15, -0.1) is 0 Å². The fourth-order valence-corrected chi connectivity index (χ4v) is 2.60. The molecule has 0 amide bonds. The molecule has 98 valence electrons. The van der Waals surface area contributed by atoms with Gasteiger partial charge in [0.15, 0.2) is 10.8 Å². The van der Waals surface area contributed by atoms with Crippen LogP contribution in [0.1, 0.15) is 17.6 Å². The van der Waals surface area contributed by atoms with Crippen LogP contribution in [0.3, 0.4) is 0 Å². The zero-order chi connectivity index (χ0) is 13.6. The van der Waals surface area contributed by atoms with Gasteiger partial charge in [0.2, 0.25) is 0 Å². The van der Waals surface area contributed by atoms with Crippen molar-refractivity contribution in [3.8, 4) is 0 Å². The second kappa shape index (κ2) is 4.98. The smallest absolute Gasteiger partial charge is 0.183 e. The maximum Gasteiger partial charge on any atom is 0.183 e. The Morgan fingerprint density at radius 1 is 1.05 bits per heavy atom. The van der Waals surface area contributed by atoms with E-state index in [9.17, 15) is 5.11 Å². The molecule has 0 radical (unpaired) electrons. The van der Waals surface area contributed by atoms with Crippen LogP contribution in [0.4, 0.5) is 0 Å². The summed E-state index contributed by atoms with van der Waals surface area (Å²) in [6.07, 6.45) is -0.964. The van der Waals surface area contributed by atoms with Gasteiger partial charge in [-0.2, -0.15) is 0 Å². The molecule has 2 heterocycles. The molecule has 0 fully saturated rings. The van der Waals surface area contributed by atoms with Crippen LogP contribution in [0.15, 0.2) is 48.3 Å². The highest BCUT2D eigenvalue weighted by Gasteiger charge is 2.20. The first-order valence-corrected chi connectivity index (χ1v) is 7.33. The van der Waals surface area contributed by atoms with E-state index in [2.05, 4.69) is 31.9 Å². The molecule has 6 heteroatoms. The van der Waals surface area contributed by atoms with Crippen molar-refractivity contribution in [1.29, 1.82) is 0 Å². The molecule has 2 aromatic heterocycles. The number of benzene rings is 1. The number of halogens is 3. The van der Waals surface area contributed by atoms with Crippen LogP contribution in [0.5, 0.6) is 0 Å². The molecule has 0 saturated heterocycles. The van der Waals surface area contributed by atoms with Crippen LogP contribution >= 0.6 is 43.5 Å². The average molecular weight is 406 g/mol. The van der Waals surface area contributed by atoms with E-state index >= 15 is 0 Å². The Balaban J connectivity index is 2.03. The van der Waals surface area contributed by atoms with Crippen LogP contribution < -0.4 is 0 Å². The van der Waals surface area contributed by atoms with Crippen molar-refractivity contribution < 1.29 is 13.9 Å². The van der Waals surface area contributed by atoms with Gasteiger partial charge >= 0.3 is 0 Å². The third-order valence-corrected chi connectivity index (χ3v) is 4.65. The van der Waals surface area contributed by atoms with Crippen LogP contribution in [0.2, 0.25) is 5.02 Å². The topological polar surface area (TPSA) is 46.5 Å². The molecule has 0 spiro atoms. The average Bonchev–Trinajstić information content (AvgIpc) is 2.92. The molecule has 1 aromatic carbocycles. The molecule has 0 saturated carbocycles. The SMILES string of the molecule is OC(c1cc(Br)c(Br)o1)c1cc2cc(Cl)ccc2o1. The lowest BCUT2D eigenvalue weighted by atomic mass is 10.2. The Kier molecular flexibility index (Phi) is 3.47. The summed E-state index contributed by atoms with van der Waals surface area (Å²) >= 11 is 12.4. The molecular weight excluding hydrogens is 399 g/mol. The first kappa shape index (κ1) is 13.2. The van der Waals surface area contributed by atoms with Gasteiger partial charge in [-0.3, -0.25) is 0 Å². The molecule has 1 unspecified atom stereocenters. The number of rotatable bonds is 2. The minimum atomic E-state index is -0.964. The normalized spacial score (nSPS) is 13.1. The number of hydrogen-bond acceptors (Lipinski definition) is 3. The Hall–Kier alpha value is -0.750. The van der Waals surface area contributed by atoms with Gasteiger partial charge < -0.3 is 13.9 Å². The first-order valence-electron chi connectivity index (χ1n) is 5.36. The Labute approximate surface area is 130 Å². The van der Waals surface area contributed by atoms with Crippen LogP contribution in [-0.2, 0) is 0 Å². The second-order valence-electron chi connectivity index (χ2n) is 4.00. The molecule has 3 nitrogen and oxygen atoms in total. The van der Waals surface area contributed by atoms with E-state index in [4.69, 9.17) is 20.4 Å². The zero-order valence-electron chi connectivity index (χ0n) is 9.36. The van der Waals surface area contributed by atoms with Crippen LogP contribution in [-0.4, -0.2) is 5.11 Å². The third-order valence-electron chi connectivity index (χ3n) is 2.70. The molecule has 3 aromatic rings. The molecule has 0 aliphatic carbocycles. The summed E-state index contributed by atoms with van der Waals surface area (Å²) in [5, 5.41) is 11.7. The van der Waals surface area contributed by atoms with E-state index in [0.29, 0.717) is 26.8 Å². The van der Waals surface area contributed by atoms with E-state index in [1.54, 1.807) is 30.3 Å². The van der Waals surface area contributed by atoms with E-state index in [-0.39, 0.29) is 0 Å². The predicted molar refractivity (Wildman–Crippen MR) is 79.4 cm³/mol. The van der Waals surface area contributed by atoms with Crippen molar-refractivity contribution in [2.45, 2.75) is 6.10 Å². The fraction of sp³-hybridized carbons (Fsp3) is 0.0769. The fourth-order valence-electron chi connectivity index (χ4n) is 1.81. The molecule has 1 N–H and O–H groups in total. The molecule has 0 aliphatic heterocycles. The molecule has 19 heavy (non-hydrogen) atoms. The lowest BCUT2D eigenvalue weighted by Gasteiger charge is -2.02. The van der Waals surface area contributed by atoms with Crippen LogP contribution in [0.25, 0.3) is 11.0 Å². The molecule has 1 atom stereocenters. The van der Waals surface area contributed by atoms with E-state index < -0.39 is 6.10 Å². The van der Waals surface area contributed by atoms with Gasteiger partial charge in [-0.25, -0.2) is 0 Å². The molecule has 0 aliphatic rings. The van der Waals surface area contributed by atoms with E-state index in [1.807, 2.05) is 0 Å². The monoisotopic (exact) mass is 404 g/mol. The minimum absolute atomic E-state index is 0.393. The van der Waals surface area contributed by atoms with Crippen molar-refractivity contribution in [3.05, 3.63) is 56.0 Å². The molecular formula is C13H7Br2ClO3. The third kappa shape index (κ3) is 2.48. The summed E-state index contributed by atoms with van der Waals surface area (Å²) in [6, 6.07) is 8.72. The van der Waals surface area contributed by atoms with Gasteiger partial charge in [0, 0.05) is 10.4 Å². The summed E-state index contributed by atoms with van der Waals surface area (Å²) in [5.41, 5.74) is 0.670. The van der Waals surface area contributed by atoms with Crippen molar-refractivity contribution in [3.63, 3.8) is 0 Å². The number of aliphatic hydroxyl groups is 1. The second-order valence-corrected chi connectivity index (χ2v) is 6.01. The van der Waals surface area contributed by atoms with E-state index in [1.165, 1.54) is 0 Å². The van der Waals surface area contributed by atoms with E-state index in [0.717, 1.165) is 9.86 Å². The van der Waals surface area contributed by atoms with Gasteiger partial charge in [0.1, 0.15) is 17.1 Å². The summed E-state index contributed by atoms with van der Waals surface area (Å²) < 4.78 is 12.2. The lowest BCUT2D eigenvalue weighted by Crippen LogP contribution is -1.95. The predicted octanol–water partition coefficient (Wildman–Crippen LogP) is 5.29. The largest absolute Gasteiger partial charge is 0.458 e. The Morgan fingerprint density at radius 2 is 1.79 bits per heavy atom. The first-order chi connectivity index (χ1) is 9.04. The highest BCUT2D eigenvalue weighted by Crippen LogP contribution is 2.34. The van der Waals surface area contributed by atoms with Crippen molar-refractivity contribution in [1.82, 2.24) is 0 Å². The summed E-state index contributed by atoms with van der Waals surface area (Å²) in [6.45, 7) is 0. The Bertz CT molecular complexity index is 728. The zero-order valence-corrected chi connectivity index (χ0v) is 13.3. The highest BCUT2D eigenvalue weighted by molar-refractivity contribution is 9.13. The molecule has 0 bridgehead atoms. The van der Waals surface area contributed by atoms with Gasteiger partial charge in [-0.1, -0.05) is 11.6 Å². The molecule has 3 rings (SSSR count). The number of aliphatic hydroxyl groups excluding tert-OH is 1. The number of furan rings is 2. The number of fused-ring (bicyclic) bond motifs is 1. The van der Waals surface area contributed by atoms with Gasteiger partial charge in [-0.05, 0) is 62.2 Å². The Morgan fingerprint density at radius 3 is 2.47 bits per heavy atom. The highest BCUT2D eigenvalue weighted by atomic mass is 79.9. The van der Waals surface area contributed by atoms with Gasteiger partial charge in [0.25, 0.3) is 0 Å². The standard InChI is InChI=1S/C13H7Br2ClO3/c14-8-5-11(19-13(8)15)12(17)10-4-6-3-7(16)1-2-9(6)18-10/h1-5,12,17H. The quantitative estimate of drug-likeness (QED) is 0.629. The minimum Gasteiger partial charge on any atom is -0.458 e. The maximum absolute atomic E-state index is 10.2. The van der Waals surface area contributed by atoms with Gasteiger partial charge in [0.05, 0.1) is 4.47 Å². The van der Waals surface area contributed by atoms with Crippen molar-refractivity contribution >= 4 is 54.4 Å². The van der Waals surface area contributed by atoms with Crippen LogP contribution in [0, 0.1) is 0 Å². The lowest BCUT2D eigenvalue weighted by molar-refractivity contribution is 0.163. The van der Waals surface area contributed by atoms with Crippen molar-refractivity contribution in [2.75, 3.05) is 0 Å². The number of hydrogen-bond donors (Lipinski definition) is 1. The van der Waals surface area contributed by atoms with Crippen molar-refractivity contribution in [2.24, 2.45) is 0 Å². The summed E-state index contributed by atoms with van der Waals surface area (Å²) in [5.74, 6) is 0.801. The summed E-state index contributed by atoms with van der Waals surface area (Å²) in [4.78, 5) is 0.